The first-order valence-corrected chi connectivity index (χ1v) is 5.07. The number of ketones is 1. The summed E-state index contributed by atoms with van der Waals surface area (Å²) in [7, 11) is 0. The van der Waals surface area contributed by atoms with E-state index in [-0.39, 0.29) is 18.1 Å². The highest BCUT2D eigenvalue weighted by atomic mass is 16.6. The Labute approximate surface area is 91.5 Å². The Balaban J connectivity index is 4.27. The zero-order valence-corrected chi connectivity index (χ0v) is 10.2. The van der Waals surface area contributed by atoms with E-state index < -0.39 is 11.6 Å². The standard InChI is InChI=1S/C12H20O3/c1-8(2)10(13)7-11(14)15-12(5,6)9(3)4/h9H,1,7H2,2-6H3. The molecule has 0 fully saturated rings. The van der Waals surface area contributed by atoms with E-state index in [9.17, 15) is 9.59 Å². The highest BCUT2D eigenvalue weighted by Crippen LogP contribution is 2.21. The molecule has 3 nitrogen and oxygen atoms in total. The van der Waals surface area contributed by atoms with Gasteiger partial charge in [-0.2, -0.15) is 0 Å². The lowest BCUT2D eigenvalue weighted by Crippen LogP contribution is -2.34. The molecule has 0 saturated heterocycles. The topological polar surface area (TPSA) is 43.4 Å². The van der Waals surface area contributed by atoms with Crippen LogP contribution in [0.5, 0.6) is 0 Å². The first-order chi connectivity index (χ1) is 6.66. The van der Waals surface area contributed by atoms with Gasteiger partial charge in [0.15, 0.2) is 5.78 Å². The van der Waals surface area contributed by atoms with Gasteiger partial charge in [0.1, 0.15) is 12.0 Å². The fourth-order valence-electron chi connectivity index (χ4n) is 0.729. The molecule has 0 unspecified atom stereocenters. The molecule has 3 heteroatoms. The average Bonchev–Trinajstić information content (AvgIpc) is 2.01. The van der Waals surface area contributed by atoms with E-state index in [0.29, 0.717) is 5.57 Å². The van der Waals surface area contributed by atoms with Crippen LogP contribution in [0.15, 0.2) is 12.2 Å². The Bertz CT molecular complexity index is 275. The molecule has 0 aliphatic heterocycles. The highest BCUT2D eigenvalue weighted by molar-refractivity contribution is 6.04. The summed E-state index contributed by atoms with van der Waals surface area (Å²) in [5.41, 5.74) is -0.152. The molecule has 0 aromatic rings. The second-order valence-electron chi connectivity index (χ2n) is 4.61. The van der Waals surface area contributed by atoms with Crippen LogP contribution in [0.2, 0.25) is 0 Å². The summed E-state index contributed by atoms with van der Waals surface area (Å²) in [5, 5.41) is 0. The van der Waals surface area contributed by atoms with Crippen molar-refractivity contribution in [2.45, 2.75) is 46.6 Å². The van der Waals surface area contributed by atoms with Gasteiger partial charge in [0.05, 0.1) is 0 Å². The van der Waals surface area contributed by atoms with Gasteiger partial charge in [-0.1, -0.05) is 20.4 Å². The Morgan fingerprint density at radius 2 is 1.80 bits per heavy atom. The molecule has 0 saturated carbocycles. The van der Waals surface area contributed by atoms with Crippen molar-refractivity contribution < 1.29 is 14.3 Å². The second-order valence-corrected chi connectivity index (χ2v) is 4.61. The lowest BCUT2D eigenvalue weighted by Gasteiger charge is -2.29. The van der Waals surface area contributed by atoms with E-state index in [1.54, 1.807) is 6.92 Å². The van der Waals surface area contributed by atoms with Gasteiger partial charge in [-0.25, -0.2) is 0 Å². The molecule has 0 atom stereocenters. The number of Topliss-reactive ketones (excluding diaryl/α,β-unsaturated/α-hetero) is 1. The molecular weight excluding hydrogens is 192 g/mol. The number of rotatable bonds is 5. The van der Waals surface area contributed by atoms with Crippen molar-refractivity contribution >= 4 is 11.8 Å². The summed E-state index contributed by atoms with van der Waals surface area (Å²) < 4.78 is 5.22. The molecule has 0 N–H and O–H groups in total. The Kier molecular flexibility index (Phi) is 4.72. The molecule has 0 spiro atoms. The molecule has 0 aromatic carbocycles. The van der Waals surface area contributed by atoms with Crippen molar-refractivity contribution in [1.29, 1.82) is 0 Å². The van der Waals surface area contributed by atoms with Crippen LogP contribution in [0.4, 0.5) is 0 Å². The van der Waals surface area contributed by atoms with Crippen molar-refractivity contribution in [3.63, 3.8) is 0 Å². The van der Waals surface area contributed by atoms with E-state index in [4.69, 9.17) is 4.74 Å². The quantitative estimate of drug-likeness (QED) is 0.399. The van der Waals surface area contributed by atoms with Crippen LogP contribution in [0.3, 0.4) is 0 Å². The summed E-state index contributed by atoms with van der Waals surface area (Å²) in [4.78, 5) is 22.6. The minimum absolute atomic E-state index is 0.210. The second kappa shape index (κ2) is 5.10. The smallest absolute Gasteiger partial charge is 0.314 e. The number of allylic oxidation sites excluding steroid dienone is 1. The van der Waals surface area contributed by atoms with E-state index in [1.165, 1.54) is 0 Å². The Morgan fingerprint density at radius 1 is 1.33 bits per heavy atom. The third-order valence-corrected chi connectivity index (χ3v) is 2.55. The summed E-state index contributed by atoms with van der Waals surface area (Å²) in [6.45, 7) is 12.7. The summed E-state index contributed by atoms with van der Waals surface area (Å²) >= 11 is 0. The number of hydrogen-bond donors (Lipinski definition) is 0. The van der Waals surface area contributed by atoms with Crippen molar-refractivity contribution in [2.75, 3.05) is 0 Å². The number of esters is 1. The van der Waals surface area contributed by atoms with Gasteiger partial charge >= 0.3 is 5.97 Å². The molecule has 0 bridgehead atoms. The monoisotopic (exact) mass is 212 g/mol. The molecule has 0 rings (SSSR count). The predicted octanol–water partition coefficient (Wildman–Crippen LogP) is 2.50. The third kappa shape index (κ3) is 4.77. The van der Waals surface area contributed by atoms with Crippen LogP contribution < -0.4 is 0 Å². The maximum atomic E-state index is 11.4. The molecule has 0 aliphatic rings. The first-order valence-electron chi connectivity index (χ1n) is 5.07. The number of ether oxygens (including phenoxy) is 1. The highest BCUT2D eigenvalue weighted by Gasteiger charge is 2.27. The third-order valence-electron chi connectivity index (χ3n) is 2.55. The van der Waals surface area contributed by atoms with Crippen LogP contribution in [0, 0.1) is 5.92 Å². The minimum atomic E-state index is -0.535. The van der Waals surface area contributed by atoms with Crippen LogP contribution in [-0.4, -0.2) is 17.4 Å². The fraction of sp³-hybridized carbons (Fsp3) is 0.667. The largest absolute Gasteiger partial charge is 0.459 e. The van der Waals surface area contributed by atoms with E-state index in [0.717, 1.165) is 0 Å². The summed E-state index contributed by atoms with van der Waals surface area (Å²) in [6, 6.07) is 0. The van der Waals surface area contributed by atoms with Crippen molar-refractivity contribution in [2.24, 2.45) is 5.92 Å². The zero-order chi connectivity index (χ0) is 12.2. The maximum absolute atomic E-state index is 11.4. The van der Waals surface area contributed by atoms with Gasteiger partial charge in [0.25, 0.3) is 0 Å². The van der Waals surface area contributed by atoms with E-state index in [2.05, 4.69) is 6.58 Å². The van der Waals surface area contributed by atoms with Crippen molar-refractivity contribution in [3.05, 3.63) is 12.2 Å². The van der Waals surface area contributed by atoms with Gasteiger partial charge in [0, 0.05) is 0 Å². The molecule has 0 heterocycles. The van der Waals surface area contributed by atoms with Crippen LogP contribution in [-0.2, 0) is 14.3 Å². The molecule has 0 amide bonds. The van der Waals surface area contributed by atoms with E-state index >= 15 is 0 Å². The molecule has 15 heavy (non-hydrogen) atoms. The number of carbonyl (C=O) groups is 2. The van der Waals surface area contributed by atoms with Gasteiger partial charge in [-0.05, 0) is 32.3 Å². The molecule has 0 radical (unpaired) electrons. The number of carbonyl (C=O) groups excluding carboxylic acids is 2. The van der Waals surface area contributed by atoms with Crippen molar-refractivity contribution in [3.8, 4) is 0 Å². The normalized spacial score (nSPS) is 11.3. The van der Waals surface area contributed by atoms with Gasteiger partial charge < -0.3 is 4.74 Å². The predicted molar refractivity (Wildman–Crippen MR) is 59.4 cm³/mol. The first kappa shape index (κ1) is 13.9. The number of hydrogen-bond acceptors (Lipinski definition) is 3. The van der Waals surface area contributed by atoms with Gasteiger partial charge in [-0.3, -0.25) is 9.59 Å². The van der Waals surface area contributed by atoms with Crippen LogP contribution in [0.1, 0.15) is 41.0 Å². The van der Waals surface area contributed by atoms with E-state index in [1.807, 2.05) is 27.7 Å². The average molecular weight is 212 g/mol. The van der Waals surface area contributed by atoms with Gasteiger partial charge in [0.2, 0.25) is 0 Å². The van der Waals surface area contributed by atoms with Crippen LogP contribution >= 0.6 is 0 Å². The zero-order valence-electron chi connectivity index (χ0n) is 10.2. The Hall–Kier alpha value is -1.12. The summed E-state index contributed by atoms with van der Waals surface area (Å²) in [5.74, 6) is -0.539. The SMILES string of the molecule is C=C(C)C(=O)CC(=O)OC(C)(C)C(C)C. The van der Waals surface area contributed by atoms with Crippen LogP contribution in [0.25, 0.3) is 0 Å². The lowest BCUT2D eigenvalue weighted by atomic mass is 9.94. The van der Waals surface area contributed by atoms with Crippen molar-refractivity contribution in [1.82, 2.24) is 0 Å². The minimum Gasteiger partial charge on any atom is -0.459 e. The fourth-order valence-corrected chi connectivity index (χ4v) is 0.729. The summed E-state index contributed by atoms with van der Waals surface area (Å²) in [6.07, 6.45) is -0.217. The molecular formula is C12H20O3. The van der Waals surface area contributed by atoms with Gasteiger partial charge in [-0.15, -0.1) is 0 Å². The molecule has 0 aliphatic carbocycles. The molecule has 86 valence electrons. The maximum Gasteiger partial charge on any atom is 0.314 e. The molecule has 0 aromatic heterocycles. The lowest BCUT2D eigenvalue weighted by molar-refractivity contribution is -0.161. The Morgan fingerprint density at radius 3 is 2.13 bits per heavy atom.